The van der Waals surface area contributed by atoms with Crippen LogP contribution in [-0.2, 0) is 11.2 Å². The molecule has 206 valence electrons. The Morgan fingerprint density at radius 2 is 1.70 bits per heavy atom. The maximum atomic E-state index is 13.0. The van der Waals surface area contributed by atoms with Gasteiger partial charge in [0, 0.05) is 27.9 Å². The molecule has 3 saturated carbocycles. The summed E-state index contributed by atoms with van der Waals surface area (Å²) in [5.74, 6) is -1.89. The van der Waals surface area contributed by atoms with Gasteiger partial charge in [0.25, 0.3) is 5.91 Å². The van der Waals surface area contributed by atoms with Crippen LogP contribution in [0.4, 0.5) is 24.8 Å². The molecule has 3 fully saturated rings. The lowest BCUT2D eigenvalue weighted by molar-refractivity contribution is -0.167. The first-order valence-electron chi connectivity index (χ1n) is 13.0. The molecule has 3 aromatic rings. The number of rotatable bonds is 6. The highest BCUT2D eigenvalue weighted by Gasteiger charge is 2.58. The molecular weight excluding hydrogens is 543 g/mol. The average molecular weight is 568 g/mol. The van der Waals surface area contributed by atoms with Gasteiger partial charge < -0.3 is 16.0 Å². The van der Waals surface area contributed by atoms with Crippen LogP contribution in [-0.4, -0.2) is 39.0 Å². The fourth-order valence-corrected chi connectivity index (χ4v) is 6.44. The van der Waals surface area contributed by atoms with Gasteiger partial charge >= 0.3 is 12.1 Å². The van der Waals surface area contributed by atoms with Gasteiger partial charge in [0.1, 0.15) is 0 Å². The minimum Gasteiger partial charge on any atom is -0.349 e. The predicted molar refractivity (Wildman–Crippen MR) is 145 cm³/mol. The van der Waals surface area contributed by atoms with Crippen molar-refractivity contribution in [2.75, 3.05) is 10.6 Å². The van der Waals surface area contributed by atoms with E-state index in [2.05, 4.69) is 33.8 Å². The van der Waals surface area contributed by atoms with Gasteiger partial charge in [0.15, 0.2) is 0 Å². The Hall–Kier alpha value is -3.92. The van der Waals surface area contributed by atoms with Crippen LogP contribution >= 0.6 is 11.6 Å². The molecule has 40 heavy (non-hydrogen) atoms. The van der Waals surface area contributed by atoms with Crippen LogP contribution in [0, 0.1) is 0 Å². The van der Waals surface area contributed by atoms with Crippen LogP contribution in [0.3, 0.4) is 0 Å². The van der Waals surface area contributed by atoms with Crippen LogP contribution in [0.25, 0.3) is 5.57 Å². The van der Waals surface area contributed by atoms with Gasteiger partial charge in [0.05, 0.1) is 16.9 Å². The highest BCUT2D eigenvalue weighted by molar-refractivity contribution is 6.32. The van der Waals surface area contributed by atoms with E-state index in [0.29, 0.717) is 35.1 Å². The van der Waals surface area contributed by atoms with E-state index >= 15 is 0 Å². The van der Waals surface area contributed by atoms with Gasteiger partial charge in [-0.05, 0) is 73.9 Å². The van der Waals surface area contributed by atoms with Crippen molar-refractivity contribution >= 4 is 40.6 Å². The fourth-order valence-electron chi connectivity index (χ4n) is 6.24. The summed E-state index contributed by atoms with van der Waals surface area (Å²) in [6, 6.07) is 13.5. The second-order valence-corrected chi connectivity index (χ2v) is 11.2. The van der Waals surface area contributed by atoms with Crippen molar-refractivity contribution in [3.63, 3.8) is 0 Å². The largest absolute Gasteiger partial charge is 0.471 e. The van der Waals surface area contributed by atoms with Crippen molar-refractivity contribution in [1.29, 1.82) is 0 Å². The van der Waals surface area contributed by atoms with E-state index in [9.17, 15) is 22.8 Å². The first-order valence-corrected chi connectivity index (χ1v) is 13.3. The summed E-state index contributed by atoms with van der Waals surface area (Å²) < 4.78 is 37.4. The van der Waals surface area contributed by atoms with Crippen LogP contribution < -0.4 is 16.0 Å². The minimum atomic E-state index is -4.99. The number of hydrogen-bond donors (Lipinski definition) is 3. The molecular formula is C29H25ClF3N5O2. The summed E-state index contributed by atoms with van der Waals surface area (Å²) in [6.07, 6.45) is 3.59. The van der Waals surface area contributed by atoms with Crippen molar-refractivity contribution in [2.24, 2.45) is 0 Å². The normalized spacial score (nSPS) is 22.9. The van der Waals surface area contributed by atoms with Gasteiger partial charge in [0.2, 0.25) is 5.95 Å². The van der Waals surface area contributed by atoms with E-state index in [4.69, 9.17) is 16.6 Å². The molecule has 7 nitrogen and oxygen atoms in total. The molecule has 4 aliphatic carbocycles. The Kier molecular flexibility index (Phi) is 6.33. The molecule has 3 N–H and O–H groups in total. The second-order valence-electron chi connectivity index (χ2n) is 10.7. The van der Waals surface area contributed by atoms with Crippen molar-refractivity contribution in [3.05, 3.63) is 88.2 Å². The molecule has 11 heteroatoms. The number of nitrogens with zero attached hydrogens (tertiary/aromatic N) is 2. The third-order valence-electron chi connectivity index (χ3n) is 7.92. The zero-order valence-corrected chi connectivity index (χ0v) is 22.0. The molecule has 0 aliphatic heterocycles. The standard InChI is InChI=1S/C29H25ClF3N5O2/c30-22-14-34-26(36-23(22)21-11-8-17-4-1-2-5-20(17)21)38-28-13-3-12-27(15-28,16-28)37-24(39)18-6-9-19(10-7-18)35-25(40)29(31,32)33/h1-2,4-7,9-11,14H,3,8,12-13,15-16H2,(H,35,40)(H,37,39)(H,34,36,38). The molecule has 0 unspecified atom stereocenters. The van der Waals surface area contributed by atoms with Crippen LogP contribution in [0.5, 0.6) is 0 Å². The topological polar surface area (TPSA) is 96.0 Å². The van der Waals surface area contributed by atoms with Crippen molar-refractivity contribution in [3.8, 4) is 0 Å². The quantitative estimate of drug-likeness (QED) is 0.344. The summed E-state index contributed by atoms with van der Waals surface area (Å²) in [5.41, 5.74) is 3.63. The SMILES string of the molecule is O=C(NC12CCCC(Nc3ncc(Cl)c(C4=CCc5ccccc54)n3)(C1)C2)c1ccc(NC(=O)C(F)(F)F)cc1. The number of alkyl halides is 3. The summed E-state index contributed by atoms with van der Waals surface area (Å²) in [7, 11) is 0. The fraction of sp³-hybridized carbons (Fsp3) is 0.310. The molecule has 1 heterocycles. The molecule has 0 saturated heterocycles. The number of carbonyl (C=O) groups excluding carboxylic acids is 2. The van der Waals surface area contributed by atoms with Crippen molar-refractivity contribution < 1.29 is 22.8 Å². The van der Waals surface area contributed by atoms with Crippen LogP contribution in [0.15, 0.2) is 60.8 Å². The number of aromatic nitrogens is 2. The third kappa shape index (κ3) is 4.92. The molecule has 0 atom stereocenters. The number of nitrogens with one attached hydrogen (secondary N) is 3. The minimum absolute atomic E-state index is 0.0410. The number of benzene rings is 2. The number of fused-ring (bicyclic) bond motifs is 3. The zero-order chi connectivity index (χ0) is 28.1. The van der Waals surface area contributed by atoms with Crippen LogP contribution in [0.1, 0.15) is 59.3 Å². The number of carbonyl (C=O) groups is 2. The molecule has 4 aliphatic rings. The van der Waals surface area contributed by atoms with Gasteiger partial charge in [-0.3, -0.25) is 9.59 Å². The number of allylic oxidation sites excluding steroid dienone is 1. The molecule has 0 spiro atoms. The van der Waals surface area contributed by atoms with E-state index < -0.39 is 17.6 Å². The zero-order valence-electron chi connectivity index (χ0n) is 21.2. The first-order chi connectivity index (χ1) is 19.0. The van der Waals surface area contributed by atoms with Crippen molar-refractivity contribution in [1.82, 2.24) is 15.3 Å². The van der Waals surface area contributed by atoms with Gasteiger partial charge in [-0.25, -0.2) is 9.97 Å². The van der Waals surface area contributed by atoms with E-state index in [-0.39, 0.29) is 17.1 Å². The lowest BCUT2D eigenvalue weighted by Crippen LogP contribution is -2.70. The Balaban J connectivity index is 1.12. The molecule has 7 rings (SSSR count). The van der Waals surface area contributed by atoms with E-state index in [1.54, 1.807) is 11.5 Å². The first kappa shape index (κ1) is 26.3. The molecule has 2 bridgehead atoms. The lowest BCUT2D eigenvalue weighted by Gasteiger charge is -2.61. The Bertz CT molecular complexity index is 1530. The summed E-state index contributed by atoms with van der Waals surface area (Å²) in [5, 5.41) is 8.91. The van der Waals surface area contributed by atoms with E-state index in [0.717, 1.165) is 36.8 Å². The number of amides is 2. The monoisotopic (exact) mass is 567 g/mol. The van der Waals surface area contributed by atoms with E-state index in [1.165, 1.54) is 29.8 Å². The van der Waals surface area contributed by atoms with Gasteiger partial charge in [-0.1, -0.05) is 41.9 Å². The van der Waals surface area contributed by atoms with Crippen molar-refractivity contribution in [2.45, 2.75) is 55.8 Å². The predicted octanol–water partition coefficient (Wildman–Crippen LogP) is 5.92. The number of hydrogen-bond acceptors (Lipinski definition) is 5. The van der Waals surface area contributed by atoms with E-state index in [1.807, 2.05) is 12.1 Å². The second kappa shape index (κ2) is 9.62. The number of halogens is 4. The summed E-state index contributed by atoms with van der Waals surface area (Å²) >= 11 is 6.51. The Morgan fingerprint density at radius 3 is 2.45 bits per heavy atom. The molecule has 0 radical (unpaired) electrons. The maximum Gasteiger partial charge on any atom is 0.471 e. The average Bonchev–Trinajstić information content (AvgIpc) is 3.33. The lowest BCUT2D eigenvalue weighted by atomic mass is 9.54. The molecule has 2 aromatic carbocycles. The Labute approximate surface area is 233 Å². The summed E-state index contributed by atoms with van der Waals surface area (Å²) in [6.45, 7) is 0. The van der Waals surface area contributed by atoms with Gasteiger partial charge in [-0.2, -0.15) is 13.2 Å². The summed E-state index contributed by atoms with van der Waals surface area (Å²) in [4.78, 5) is 33.3. The molecule has 2 amide bonds. The number of anilines is 2. The maximum absolute atomic E-state index is 13.0. The van der Waals surface area contributed by atoms with Crippen LogP contribution in [0.2, 0.25) is 5.02 Å². The highest BCUT2D eigenvalue weighted by atomic mass is 35.5. The molecule has 1 aromatic heterocycles. The smallest absolute Gasteiger partial charge is 0.349 e. The third-order valence-corrected chi connectivity index (χ3v) is 8.19. The van der Waals surface area contributed by atoms with Gasteiger partial charge in [-0.15, -0.1) is 0 Å². The Morgan fingerprint density at radius 1 is 0.975 bits per heavy atom. The highest BCUT2D eigenvalue weighted by Crippen LogP contribution is 2.53.